The first kappa shape index (κ1) is 20.0. The van der Waals surface area contributed by atoms with E-state index in [4.69, 9.17) is 40.7 Å². The largest absolute Gasteiger partial charge is 0.493 e. The van der Waals surface area contributed by atoms with Crippen molar-refractivity contribution in [1.82, 2.24) is 0 Å². The van der Waals surface area contributed by atoms with Gasteiger partial charge in [0.15, 0.2) is 11.5 Å². The van der Waals surface area contributed by atoms with Gasteiger partial charge in [-0.25, -0.2) is 4.79 Å². The quantitative estimate of drug-likeness (QED) is 0.171. The van der Waals surface area contributed by atoms with Crippen LogP contribution in [-0.2, 0) is 0 Å². The standard InChI is InChI=1S/C14H14N4O4.HNO3/c1-20-12-7-9(8-17-18-14(15)16)4-5-10(12)22-13(19)11-3-2-6-21-11;2-1(3)4/h2-8H,1H3,(H4,15,16,18);(H,2,3,4)/b17-8+;. The van der Waals surface area contributed by atoms with Crippen LogP contribution in [0.3, 0.4) is 0 Å². The third-order valence-electron chi connectivity index (χ3n) is 2.49. The molecule has 0 aliphatic heterocycles. The second-order valence-electron chi connectivity index (χ2n) is 4.28. The molecule has 0 unspecified atom stereocenters. The van der Waals surface area contributed by atoms with Crippen LogP contribution in [0.2, 0.25) is 0 Å². The van der Waals surface area contributed by atoms with Crippen LogP contribution in [0.5, 0.6) is 11.5 Å². The second kappa shape index (κ2) is 9.92. The van der Waals surface area contributed by atoms with Crippen molar-refractivity contribution in [3.05, 3.63) is 58.0 Å². The Bertz CT molecular complexity index is 794. The average Bonchev–Trinajstić information content (AvgIpc) is 3.09. The lowest BCUT2D eigenvalue weighted by Crippen LogP contribution is -2.21. The number of carbonyl (C=O) groups excluding carboxylic acids is 1. The molecule has 1 aromatic carbocycles. The zero-order valence-electron chi connectivity index (χ0n) is 13.4. The van der Waals surface area contributed by atoms with Gasteiger partial charge in [-0.2, -0.15) is 5.10 Å². The number of benzene rings is 1. The van der Waals surface area contributed by atoms with E-state index in [9.17, 15) is 4.79 Å². The van der Waals surface area contributed by atoms with Gasteiger partial charge in [-0.15, -0.1) is 15.2 Å². The summed E-state index contributed by atoms with van der Waals surface area (Å²) in [5.74, 6) is -0.0608. The predicted octanol–water partition coefficient (Wildman–Crippen LogP) is 0.767. The first-order valence-electron chi connectivity index (χ1n) is 6.72. The van der Waals surface area contributed by atoms with Gasteiger partial charge in [0, 0.05) is 0 Å². The highest BCUT2D eigenvalue weighted by atomic mass is 16.9. The summed E-state index contributed by atoms with van der Waals surface area (Å²) in [5, 5.41) is 20.8. The maximum absolute atomic E-state index is 11.8. The van der Waals surface area contributed by atoms with E-state index in [1.165, 1.54) is 25.7 Å². The molecule has 2 aromatic rings. The van der Waals surface area contributed by atoms with Crippen molar-refractivity contribution < 1.29 is 29.0 Å². The van der Waals surface area contributed by atoms with Crippen molar-refractivity contribution >= 4 is 18.1 Å². The maximum Gasteiger partial charge on any atom is 0.379 e. The SMILES string of the molecule is COc1cc(/C=N/N=C(N)N)ccc1OC(=O)c1ccco1.O=[N+]([O-])O. The number of nitrogens with two attached hydrogens (primary N) is 2. The van der Waals surface area contributed by atoms with Crippen molar-refractivity contribution in [2.45, 2.75) is 0 Å². The maximum atomic E-state index is 11.8. The molecule has 0 bridgehead atoms. The molecule has 12 heteroatoms. The van der Waals surface area contributed by atoms with Crippen molar-refractivity contribution in [2.24, 2.45) is 21.7 Å². The Kier molecular flexibility index (Phi) is 7.61. The molecular formula is C14H15N5O7. The molecule has 1 aromatic heterocycles. The Morgan fingerprint density at radius 3 is 2.58 bits per heavy atom. The van der Waals surface area contributed by atoms with Crippen LogP contribution >= 0.6 is 0 Å². The Labute approximate surface area is 146 Å². The molecule has 5 N–H and O–H groups in total. The second-order valence-corrected chi connectivity index (χ2v) is 4.28. The Morgan fingerprint density at radius 2 is 2.04 bits per heavy atom. The number of hydrogen-bond acceptors (Lipinski definition) is 8. The number of nitrogens with zero attached hydrogens (tertiary/aromatic N) is 3. The molecule has 1 heterocycles. The highest BCUT2D eigenvalue weighted by molar-refractivity contribution is 5.89. The van der Waals surface area contributed by atoms with Crippen LogP contribution in [0.15, 0.2) is 51.2 Å². The summed E-state index contributed by atoms with van der Waals surface area (Å²) in [7, 11) is 1.45. The van der Waals surface area contributed by atoms with Crippen molar-refractivity contribution in [3.63, 3.8) is 0 Å². The highest BCUT2D eigenvalue weighted by Gasteiger charge is 2.14. The molecule has 0 amide bonds. The fraction of sp³-hybridized carbons (Fsp3) is 0.0714. The molecule has 138 valence electrons. The molecule has 26 heavy (non-hydrogen) atoms. The van der Waals surface area contributed by atoms with Gasteiger partial charge in [-0.1, -0.05) is 0 Å². The molecule has 0 atom stereocenters. The Hall–Kier alpha value is -4.09. The van der Waals surface area contributed by atoms with Gasteiger partial charge < -0.3 is 30.6 Å². The predicted molar refractivity (Wildman–Crippen MR) is 88.8 cm³/mol. The van der Waals surface area contributed by atoms with Crippen molar-refractivity contribution in [1.29, 1.82) is 0 Å². The number of hydrogen-bond donors (Lipinski definition) is 3. The smallest absolute Gasteiger partial charge is 0.379 e. The number of furan rings is 1. The molecule has 0 fully saturated rings. The Morgan fingerprint density at radius 1 is 1.35 bits per heavy atom. The summed E-state index contributed by atoms with van der Waals surface area (Å²) in [6.45, 7) is 0. The lowest BCUT2D eigenvalue weighted by molar-refractivity contribution is -0.742. The van der Waals surface area contributed by atoms with E-state index < -0.39 is 11.1 Å². The molecule has 0 aliphatic rings. The fourth-order valence-corrected chi connectivity index (χ4v) is 1.56. The van der Waals surface area contributed by atoms with Crippen LogP contribution in [-0.4, -0.2) is 35.5 Å². The van der Waals surface area contributed by atoms with Crippen LogP contribution in [0.4, 0.5) is 0 Å². The van der Waals surface area contributed by atoms with E-state index in [0.717, 1.165) is 0 Å². The highest BCUT2D eigenvalue weighted by Crippen LogP contribution is 2.28. The van der Waals surface area contributed by atoms with Crippen LogP contribution in [0.1, 0.15) is 16.1 Å². The van der Waals surface area contributed by atoms with Gasteiger partial charge in [0.05, 0.1) is 19.6 Å². The number of carbonyl (C=O) groups is 1. The zero-order chi connectivity index (χ0) is 19.5. The lowest BCUT2D eigenvalue weighted by atomic mass is 10.2. The molecular weight excluding hydrogens is 350 g/mol. The number of ether oxygens (including phenoxy) is 2. The van der Waals surface area contributed by atoms with Gasteiger partial charge in [-0.3, -0.25) is 0 Å². The minimum atomic E-state index is -1.50. The van der Waals surface area contributed by atoms with E-state index in [2.05, 4.69) is 10.2 Å². The van der Waals surface area contributed by atoms with Gasteiger partial charge in [0.2, 0.25) is 11.7 Å². The monoisotopic (exact) mass is 365 g/mol. The fourth-order valence-electron chi connectivity index (χ4n) is 1.56. The van der Waals surface area contributed by atoms with Gasteiger partial charge in [0.25, 0.3) is 5.09 Å². The average molecular weight is 365 g/mol. The van der Waals surface area contributed by atoms with E-state index in [1.54, 1.807) is 24.3 Å². The summed E-state index contributed by atoms with van der Waals surface area (Å²) in [6.07, 6.45) is 2.82. The first-order chi connectivity index (χ1) is 12.3. The third-order valence-corrected chi connectivity index (χ3v) is 2.49. The molecule has 0 spiro atoms. The topological polar surface area (TPSA) is 189 Å². The Balaban J connectivity index is 0.000000765. The number of methoxy groups -OCH3 is 1. The lowest BCUT2D eigenvalue weighted by Gasteiger charge is -2.08. The molecule has 0 saturated carbocycles. The molecule has 12 nitrogen and oxygen atoms in total. The summed E-state index contributed by atoms with van der Waals surface area (Å²) < 4.78 is 15.4. The van der Waals surface area contributed by atoms with Crippen molar-refractivity contribution in [2.75, 3.05) is 7.11 Å². The molecule has 0 aliphatic carbocycles. The number of esters is 1. The van der Waals surface area contributed by atoms with Gasteiger partial charge in [0.1, 0.15) is 0 Å². The van der Waals surface area contributed by atoms with Crippen LogP contribution < -0.4 is 20.9 Å². The van der Waals surface area contributed by atoms with E-state index in [0.29, 0.717) is 11.3 Å². The normalized spacial score (nSPS) is 9.73. The zero-order valence-corrected chi connectivity index (χ0v) is 13.4. The molecule has 0 saturated heterocycles. The van der Waals surface area contributed by atoms with Crippen molar-refractivity contribution in [3.8, 4) is 11.5 Å². The number of guanidine groups is 1. The van der Waals surface area contributed by atoms with Crippen LogP contribution in [0.25, 0.3) is 0 Å². The van der Waals surface area contributed by atoms with E-state index in [-0.39, 0.29) is 17.5 Å². The number of rotatable bonds is 5. The first-order valence-corrected chi connectivity index (χ1v) is 6.72. The van der Waals surface area contributed by atoms with Gasteiger partial charge >= 0.3 is 5.97 Å². The van der Waals surface area contributed by atoms with E-state index >= 15 is 0 Å². The van der Waals surface area contributed by atoms with Crippen LogP contribution in [0, 0.1) is 10.1 Å². The summed E-state index contributed by atoms with van der Waals surface area (Å²) in [4.78, 5) is 20.2. The summed E-state index contributed by atoms with van der Waals surface area (Å²) >= 11 is 0. The molecule has 2 rings (SSSR count). The molecule has 0 radical (unpaired) electrons. The minimum Gasteiger partial charge on any atom is -0.493 e. The van der Waals surface area contributed by atoms with Gasteiger partial charge in [-0.05, 0) is 35.9 Å². The minimum absolute atomic E-state index is 0.0976. The van der Waals surface area contributed by atoms with E-state index in [1.807, 2.05) is 0 Å². The third kappa shape index (κ3) is 6.99. The summed E-state index contributed by atoms with van der Waals surface area (Å²) in [5.41, 5.74) is 11.0. The summed E-state index contributed by atoms with van der Waals surface area (Å²) in [6, 6.07) is 7.95.